The molecule has 0 aliphatic rings. The number of halogens is 3. The quantitative estimate of drug-likeness (QED) is 0.589. The molecule has 0 amide bonds. The van der Waals surface area contributed by atoms with Crippen molar-refractivity contribution in [2.24, 2.45) is 5.10 Å². The van der Waals surface area contributed by atoms with Crippen LogP contribution in [0.5, 0.6) is 5.75 Å². The lowest BCUT2D eigenvalue weighted by atomic mass is 10.2. The first-order chi connectivity index (χ1) is 9.60. The van der Waals surface area contributed by atoms with Crippen molar-refractivity contribution in [3.8, 4) is 5.75 Å². The molecule has 0 spiro atoms. The van der Waals surface area contributed by atoms with Crippen LogP contribution < -0.4 is 10.2 Å². The molecule has 0 aliphatic carbocycles. The molecule has 6 heteroatoms. The van der Waals surface area contributed by atoms with Crippen LogP contribution in [0.1, 0.15) is 5.56 Å². The molecule has 0 unspecified atom stereocenters. The van der Waals surface area contributed by atoms with Gasteiger partial charge in [0.1, 0.15) is 11.6 Å². The van der Waals surface area contributed by atoms with Crippen molar-refractivity contribution in [2.75, 3.05) is 12.5 Å². The second kappa shape index (κ2) is 6.85. The Morgan fingerprint density at radius 2 is 1.75 bits per heavy atom. The van der Waals surface area contributed by atoms with E-state index in [1.165, 1.54) is 12.1 Å². The summed E-state index contributed by atoms with van der Waals surface area (Å²) >= 11 is 6.85. The van der Waals surface area contributed by atoms with Gasteiger partial charge in [-0.05, 0) is 73.8 Å². The van der Waals surface area contributed by atoms with Gasteiger partial charge in [0.15, 0.2) is 0 Å². The standard InChI is InChI=1S/C14H11Br2FN2O/c1-20-14-12(15)6-9(7-13(14)16)8-18-19-11-4-2-10(17)3-5-11/h2-8,19H,1H3/b18-8+. The Morgan fingerprint density at radius 3 is 2.30 bits per heavy atom. The highest BCUT2D eigenvalue weighted by molar-refractivity contribution is 9.11. The van der Waals surface area contributed by atoms with E-state index in [2.05, 4.69) is 42.4 Å². The van der Waals surface area contributed by atoms with E-state index in [9.17, 15) is 4.39 Å². The van der Waals surface area contributed by atoms with Gasteiger partial charge in [0, 0.05) is 0 Å². The van der Waals surface area contributed by atoms with E-state index in [1.54, 1.807) is 25.5 Å². The number of anilines is 1. The van der Waals surface area contributed by atoms with Crippen LogP contribution >= 0.6 is 31.9 Å². The molecule has 0 saturated heterocycles. The Hall–Kier alpha value is -1.40. The van der Waals surface area contributed by atoms with Gasteiger partial charge < -0.3 is 4.74 Å². The Bertz CT molecular complexity index is 607. The molecule has 20 heavy (non-hydrogen) atoms. The third-order valence-electron chi connectivity index (χ3n) is 2.48. The van der Waals surface area contributed by atoms with Crippen LogP contribution in [-0.2, 0) is 0 Å². The zero-order valence-electron chi connectivity index (χ0n) is 10.5. The van der Waals surface area contributed by atoms with Gasteiger partial charge in [0.25, 0.3) is 0 Å². The highest BCUT2D eigenvalue weighted by Crippen LogP contribution is 2.33. The topological polar surface area (TPSA) is 33.6 Å². The van der Waals surface area contributed by atoms with Gasteiger partial charge in [-0.2, -0.15) is 5.10 Å². The number of hydrazone groups is 1. The fraction of sp³-hybridized carbons (Fsp3) is 0.0714. The van der Waals surface area contributed by atoms with Crippen LogP contribution in [0, 0.1) is 5.82 Å². The minimum Gasteiger partial charge on any atom is -0.494 e. The molecule has 0 fully saturated rings. The molecular formula is C14H11Br2FN2O. The van der Waals surface area contributed by atoms with Crippen LogP contribution in [0.3, 0.4) is 0 Å². The summed E-state index contributed by atoms with van der Waals surface area (Å²) < 4.78 is 19.6. The van der Waals surface area contributed by atoms with Gasteiger partial charge >= 0.3 is 0 Å². The molecule has 0 radical (unpaired) electrons. The average Bonchev–Trinajstić information content (AvgIpc) is 2.41. The summed E-state index contributed by atoms with van der Waals surface area (Å²) in [4.78, 5) is 0. The van der Waals surface area contributed by atoms with Crippen molar-refractivity contribution in [1.29, 1.82) is 0 Å². The molecule has 0 aromatic heterocycles. The summed E-state index contributed by atoms with van der Waals surface area (Å²) in [7, 11) is 1.61. The summed E-state index contributed by atoms with van der Waals surface area (Å²) in [5.74, 6) is 0.455. The molecule has 2 aromatic rings. The van der Waals surface area contributed by atoms with Gasteiger partial charge in [-0.1, -0.05) is 0 Å². The van der Waals surface area contributed by atoms with Crippen molar-refractivity contribution in [3.63, 3.8) is 0 Å². The van der Waals surface area contributed by atoms with Crippen molar-refractivity contribution < 1.29 is 9.13 Å². The first-order valence-electron chi connectivity index (χ1n) is 5.68. The average molecular weight is 402 g/mol. The Labute approximate surface area is 133 Å². The van der Waals surface area contributed by atoms with Crippen molar-refractivity contribution in [2.45, 2.75) is 0 Å². The second-order valence-corrected chi connectivity index (χ2v) is 5.60. The molecular weight excluding hydrogens is 391 g/mol. The van der Waals surface area contributed by atoms with Crippen LogP contribution in [0.15, 0.2) is 50.4 Å². The molecule has 0 saturated carbocycles. The maximum absolute atomic E-state index is 12.7. The molecule has 0 aliphatic heterocycles. The van der Waals surface area contributed by atoms with Gasteiger partial charge in [0.05, 0.1) is 28.0 Å². The fourth-order valence-electron chi connectivity index (χ4n) is 1.55. The minimum absolute atomic E-state index is 0.275. The molecule has 2 rings (SSSR count). The predicted molar refractivity (Wildman–Crippen MR) is 86.0 cm³/mol. The van der Waals surface area contributed by atoms with E-state index in [1.807, 2.05) is 12.1 Å². The summed E-state index contributed by atoms with van der Waals surface area (Å²) in [6.45, 7) is 0. The maximum Gasteiger partial charge on any atom is 0.147 e. The Balaban J connectivity index is 2.10. The fourth-order valence-corrected chi connectivity index (χ4v) is 3.10. The zero-order chi connectivity index (χ0) is 14.5. The van der Waals surface area contributed by atoms with Crippen molar-refractivity contribution >= 4 is 43.8 Å². The predicted octanol–water partition coefficient (Wildman–Crippen LogP) is 4.81. The minimum atomic E-state index is -0.275. The number of hydrogen-bond acceptors (Lipinski definition) is 3. The number of methoxy groups -OCH3 is 1. The van der Waals surface area contributed by atoms with Crippen LogP contribution in [0.4, 0.5) is 10.1 Å². The van der Waals surface area contributed by atoms with E-state index in [0.717, 1.165) is 20.3 Å². The second-order valence-electron chi connectivity index (χ2n) is 3.89. The van der Waals surface area contributed by atoms with Crippen LogP contribution in [0.2, 0.25) is 0 Å². The lowest BCUT2D eigenvalue weighted by molar-refractivity contribution is 0.409. The van der Waals surface area contributed by atoms with Gasteiger partial charge in [0.2, 0.25) is 0 Å². The third kappa shape index (κ3) is 3.80. The molecule has 0 atom stereocenters. The molecule has 2 aromatic carbocycles. The molecule has 1 N–H and O–H groups in total. The van der Waals surface area contributed by atoms with E-state index in [0.29, 0.717) is 5.69 Å². The smallest absolute Gasteiger partial charge is 0.147 e. The highest BCUT2D eigenvalue weighted by Gasteiger charge is 2.06. The van der Waals surface area contributed by atoms with Crippen molar-refractivity contribution in [1.82, 2.24) is 0 Å². The Kier molecular flexibility index (Phi) is 5.14. The van der Waals surface area contributed by atoms with Gasteiger partial charge in [-0.25, -0.2) is 4.39 Å². The summed E-state index contributed by atoms with van der Waals surface area (Å²) in [5.41, 5.74) is 4.43. The third-order valence-corrected chi connectivity index (χ3v) is 3.65. The van der Waals surface area contributed by atoms with E-state index >= 15 is 0 Å². The van der Waals surface area contributed by atoms with Gasteiger partial charge in [-0.15, -0.1) is 0 Å². The summed E-state index contributed by atoms with van der Waals surface area (Å²) in [6, 6.07) is 9.76. The molecule has 104 valence electrons. The number of rotatable bonds is 4. The Morgan fingerprint density at radius 1 is 1.15 bits per heavy atom. The number of ether oxygens (including phenoxy) is 1. The monoisotopic (exact) mass is 400 g/mol. The SMILES string of the molecule is COc1c(Br)cc(/C=N/Nc2ccc(F)cc2)cc1Br. The van der Waals surface area contributed by atoms with E-state index < -0.39 is 0 Å². The van der Waals surface area contributed by atoms with Gasteiger partial charge in [-0.3, -0.25) is 5.43 Å². The largest absolute Gasteiger partial charge is 0.494 e. The number of nitrogens with zero attached hydrogens (tertiary/aromatic N) is 1. The van der Waals surface area contributed by atoms with E-state index in [-0.39, 0.29) is 5.82 Å². The van der Waals surface area contributed by atoms with Crippen LogP contribution in [-0.4, -0.2) is 13.3 Å². The number of benzene rings is 2. The maximum atomic E-state index is 12.7. The molecule has 0 bridgehead atoms. The number of nitrogens with one attached hydrogen (secondary N) is 1. The molecule has 0 heterocycles. The normalized spacial score (nSPS) is 10.8. The number of hydrogen-bond donors (Lipinski definition) is 1. The first-order valence-corrected chi connectivity index (χ1v) is 7.26. The summed E-state index contributed by atoms with van der Waals surface area (Å²) in [5, 5.41) is 4.10. The summed E-state index contributed by atoms with van der Waals surface area (Å²) in [6.07, 6.45) is 1.66. The highest BCUT2D eigenvalue weighted by atomic mass is 79.9. The molecule has 3 nitrogen and oxygen atoms in total. The lowest BCUT2D eigenvalue weighted by Gasteiger charge is -2.06. The zero-order valence-corrected chi connectivity index (χ0v) is 13.7. The van der Waals surface area contributed by atoms with E-state index in [4.69, 9.17) is 4.74 Å². The van der Waals surface area contributed by atoms with Crippen molar-refractivity contribution in [3.05, 3.63) is 56.7 Å². The lowest BCUT2D eigenvalue weighted by Crippen LogP contribution is -1.92. The van der Waals surface area contributed by atoms with Crippen LogP contribution in [0.25, 0.3) is 0 Å². The first kappa shape index (κ1) is 15.0.